The van der Waals surface area contributed by atoms with Gasteiger partial charge in [0, 0.05) is 12.6 Å². The molecule has 0 unspecified atom stereocenters. The maximum absolute atomic E-state index is 9.39. The van der Waals surface area contributed by atoms with E-state index in [-0.39, 0.29) is 12.4 Å². The monoisotopic (exact) mass is 233 g/mol. The van der Waals surface area contributed by atoms with Crippen molar-refractivity contribution in [3.63, 3.8) is 0 Å². The minimum absolute atomic E-state index is 0. The van der Waals surface area contributed by atoms with Gasteiger partial charge in [0.2, 0.25) is 0 Å². The molecule has 0 spiro atoms. The van der Waals surface area contributed by atoms with Gasteiger partial charge in [0.25, 0.3) is 0 Å². The van der Waals surface area contributed by atoms with Crippen molar-refractivity contribution in [2.75, 3.05) is 20.7 Å². The van der Waals surface area contributed by atoms with Gasteiger partial charge in [0.05, 0.1) is 0 Å². The topological polar surface area (TPSA) is 23.5 Å². The molecule has 0 saturated heterocycles. The Bertz CT molecular complexity index is 230. The summed E-state index contributed by atoms with van der Waals surface area (Å²) in [6.45, 7) is 5.16. The van der Waals surface area contributed by atoms with Crippen LogP contribution in [0, 0.1) is 23.2 Å². The summed E-state index contributed by atoms with van der Waals surface area (Å²) >= 11 is 0. The molecule has 3 fully saturated rings. The van der Waals surface area contributed by atoms with Gasteiger partial charge in [-0.1, -0.05) is 13.8 Å². The molecule has 2 bridgehead atoms. The van der Waals surface area contributed by atoms with Crippen molar-refractivity contribution in [1.29, 1.82) is 0 Å². The molecule has 0 aliphatic heterocycles. The Morgan fingerprint density at radius 2 is 1.87 bits per heavy atom. The van der Waals surface area contributed by atoms with Gasteiger partial charge in [0.15, 0.2) is 0 Å². The lowest BCUT2D eigenvalue weighted by Gasteiger charge is -2.63. The highest BCUT2D eigenvalue weighted by Gasteiger charge is 2.57. The highest BCUT2D eigenvalue weighted by molar-refractivity contribution is 5.85. The molecule has 0 radical (unpaired) electrons. The molecule has 15 heavy (non-hydrogen) atoms. The summed E-state index contributed by atoms with van der Waals surface area (Å²) in [4.78, 5) is 2.32. The second-order valence-corrected chi connectivity index (χ2v) is 5.99. The van der Waals surface area contributed by atoms with Gasteiger partial charge in [-0.15, -0.1) is 12.4 Å². The van der Waals surface area contributed by atoms with Crippen LogP contribution in [0.1, 0.15) is 26.7 Å². The van der Waals surface area contributed by atoms with Crippen LogP contribution in [0.5, 0.6) is 0 Å². The Labute approximate surface area is 99.4 Å². The zero-order valence-corrected chi connectivity index (χ0v) is 11.0. The highest BCUT2D eigenvalue weighted by atomic mass is 35.5. The van der Waals surface area contributed by atoms with Crippen molar-refractivity contribution in [3.05, 3.63) is 0 Å². The molecule has 0 heterocycles. The van der Waals surface area contributed by atoms with Crippen LogP contribution in [-0.2, 0) is 0 Å². The molecule has 3 rings (SSSR count). The van der Waals surface area contributed by atoms with E-state index in [2.05, 4.69) is 32.8 Å². The predicted octanol–water partition coefficient (Wildman–Crippen LogP) is 2.01. The molecule has 3 heteroatoms. The number of hydrogen-bond acceptors (Lipinski definition) is 2. The van der Waals surface area contributed by atoms with Gasteiger partial charge in [-0.3, -0.25) is 0 Å². The predicted molar refractivity (Wildman–Crippen MR) is 65.3 cm³/mol. The van der Waals surface area contributed by atoms with E-state index in [4.69, 9.17) is 0 Å². The van der Waals surface area contributed by atoms with Crippen LogP contribution >= 0.6 is 12.4 Å². The fraction of sp³-hybridized carbons (Fsp3) is 1.00. The molecule has 3 aliphatic rings. The first-order chi connectivity index (χ1) is 6.48. The van der Waals surface area contributed by atoms with E-state index < -0.39 is 0 Å². The molecule has 0 aromatic heterocycles. The Morgan fingerprint density at radius 3 is 2.27 bits per heavy atom. The fourth-order valence-corrected chi connectivity index (χ4v) is 3.83. The highest BCUT2D eigenvalue weighted by Crippen LogP contribution is 2.61. The Morgan fingerprint density at radius 1 is 1.27 bits per heavy atom. The molecular weight excluding hydrogens is 210 g/mol. The smallest absolute Gasteiger partial charge is 0.0474 e. The molecule has 1 N–H and O–H groups in total. The number of hydrogen-bond donors (Lipinski definition) is 1. The van der Waals surface area contributed by atoms with Crippen LogP contribution in [-0.4, -0.2) is 36.8 Å². The van der Waals surface area contributed by atoms with Crippen molar-refractivity contribution in [1.82, 2.24) is 4.90 Å². The largest absolute Gasteiger partial charge is 0.396 e. The number of fused-ring (bicyclic) bond motifs is 2. The first-order valence-electron chi connectivity index (χ1n) is 5.75. The lowest BCUT2D eigenvalue weighted by atomic mass is 9.45. The summed E-state index contributed by atoms with van der Waals surface area (Å²) < 4.78 is 0. The van der Waals surface area contributed by atoms with Crippen molar-refractivity contribution < 1.29 is 5.11 Å². The van der Waals surface area contributed by atoms with Gasteiger partial charge >= 0.3 is 0 Å². The third-order valence-corrected chi connectivity index (χ3v) is 4.86. The normalized spacial score (nSPS) is 42.0. The van der Waals surface area contributed by atoms with E-state index in [1.807, 2.05) is 0 Å². The van der Waals surface area contributed by atoms with Crippen molar-refractivity contribution in [2.45, 2.75) is 32.7 Å². The minimum Gasteiger partial charge on any atom is -0.396 e. The number of aliphatic hydroxyl groups excluding tert-OH is 1. The quantitative estimate of drug-likeness (QED) is 0.789. The zero-order valence-electron chi connectivity index (χ0n) is 10.2. The molecule has 3 saturated carbocycles. The molecule has 0 amide bonds. The molecule has 3 aliphatic carbocycles. The van der Waals surface area contributed by atoms with E-state index in [0.717, 1.165) is 11.8 Å². The second kappa shape index (κ2) is 4.23. The van der Waals surface area contributed by atoms with Gasteiger partial charge in [-0.2, -0.15) is 0 Å². The molecule has 90 valence electrons. The van der Waals surface area contributed by atoms with Gasteiger partial charge in [0.1, 0.15) is 0 Å². The van der Waals surface area contributed by atoms with Gasteiger partial charge < -0.3 is 10.0 Å². The van der Waals surface area contributed by atoms with Crippen LogP contribution in [0.3, 0.4) is 0 Å². The van der Waals surface area contributed by atoms with Crippen molar-refractivity contribution in [3.8, 4) is 0 Å². The molecule has 0 aromatic rings. The van der Waals surface area contributed by atoms with Gasteiger partial charge in [-0.05, 0) is 50.1 Å². The summed E-state index contributed by atoms with van der Waals surface area (Å²) in [5.41, 5.74) is 0.514. The van der Waals surface area contributed by atoms with Crippen LogP contribution < -0.4 is 0 Å². The third kappa shape index (κ3) is 1.81. The molecule has 0 aromatic carbocycles. The number of halogens is 1. The Kier molecular flexibility index (Phi) is 3.74. The Hall–Kier alpha value is 0.210. The third-order valence-electron chi connectivity index (χ3n) is 4.86. The van der Waals surface area contributed by atoms with Crippen molar-refractivity contribution in [2.24, 2.45) is 23.2 Å². The van der Waals surface area contributed by atoms with E-state index in [9.17, 15) is 5.11 Å². The Balaban J connectivity index is 0.00000112. The average molecular weight is 234 g/mol. The zero-order chi connectivity index (χ0) is 10.5. The van der Waals surface area contributed by atoms with Gasteiger partial charge in [-0.25, -0.2) is 0 Å². The van der Waals surface area contributed by atoms with Crippen LogP contribution in [0.2, 0.25) is 0 Å². The number of aliphatic hydroxyl groups is 1. The fourth-order valence-electron chi connectivity index (χ4n) is 3.83. The van der Waals surface area contributed by atoms with E-state index in [1.54, 1.807) is 0 Å². The lowest BCUT2D eigenvalue weighted by Crippen LogP contribution is -2.62. The van der Waals surface area contributed by atoms with Crippen molar-refractivity contribution >= 4 is 12.4 Å². The van der Waals surface area contributed by atoms with E-state index in [0.29, 0.717) is 24.0 Å². The minimum atomic E-state index is 0. The first-order valence-corrected chi connectivity index (χ1v) is 5.75. The van der Waals surface area contributed by atoms with Crippen LogP contribution in [0.25, 0.3) is 0 Å². The summed E-state index contributed by atoms with van der Waals surface area (Å²) in [6.07, 6.45) is 2.61. The summed E-state index contributed by atoms with van der Waals surface area (Å²) in [6, 6.07) is 0.597. The van der Waals surface area contributed by atoms with E-state index >= 15 is 0 Å². The number of nitrogens with zero attached hydrogens (tertiary/aromatic N) is 1. The van der Waals surface area contributed by atoms with E-state index in [1.165, 1.54) is 12.8 Å². The lowest BCUT2D eigenvalue weighted by molar-refractivity contribution is -0.147. The molecule has 2 nitrogen and oxygen atoms in total. The summed E-state index contributed by atoms with van der Waals surface area (Å²) in [5.74, 6) is 2.18. The second-order valence-electron chi connectivity index (χ2n) is 5.99. The summed E-state index contributed by atoms with van der Waals surface area (Å²) in [5, 5.41) is 9.39. The number of rotatable bonds is 2. The molecular formula is C12H24ClNO. The maximum atomic E-state index is 9.39. The first kappa shape index (κ1) is 13.3. The van der Waals surface area contributed by atoms with Crippen LogP contribution in [0.4, 0.5) is 0 Å². The molecule has 4 atom stereocenters. The summed E-state index contributed by atoms with van der Waals surface area (Å²) in [7, 11) is 4.31. The maximum Gasteiger partial charge on any atom is 0.0474 e. The van der Waals surface area contributed by atoms with Crippen LogP contribution in [0.15, 0.2) is 0 Å². The average Bonchev–Trinajstić information content (AvgIpc) is 2.16. The standard InChI is InChI=1S/C12H23NO.ClH/c1-12(2)9-5-8(7-14)11(13(3)4)10(12)6-9;/h8-11,14H,5-7H2,1-4H3;1H/t8-,9+,10+,11+;/m1./s1. The SMILES string of the molecule is CN(C)[C@H]1[C@@H](CO)C[C@H]2C[C@@H]1C2(C)C.Cl.